The number of piperazine rings is 1. The quantitative estimate of drug-likeness (QED) is 0.317. The summed E-state index contributed by atoms with van der Waals surface area (Å²) in [6.45, 7) is -0.659. The Balaban J connectivity index is 1.41. The number of methoxy groups -OCH3 is 1. The minimum Gasteiger partial charge on any atom is -0.465 e. The maximum absolute atomic E-state index is 13.6. The molecule has 208 valence electrons. The van der Waals surface area contributed by atoms with Crippen molar-refractivity contribution in [3.05, 3.63) is 95.3 Å². The number of ether oxygens (including phenoxy) is 1. The molecule has 0 spiro atoms. The lowest BCUT2D eigenvalue weighted by Crippen LogP contribution is -2.60. The summed E-state index contributed by atoms with van der Waals surface area (Å²) in [5.41, 5.74) is 2.38. The van der Waals surface area contributed by atoms with Gasteiger partial charge in [-0.15, -0.1) is 5.10 Å². The molecule has 0 saturated carbocycles. The SMILES string of the molecule is COC(=O)c1ccc(NC(=O)C(Cc2ccccc2)N2CC(=O)N(c3cc(Cl)ccc3-n3cnnn3)CC2=O)cc1. The van der Waals surface area contributed by atoms with Gasteiger partial charge in [-0.3, -0.25) is 19.3 Å². The van der Waals surface area contributed by atoms with Gasteiger partial charge in [0.25, 0.3) is 0 Å². The van der Waals surface area contributed by atoms with Crippen LogP contribution in [0, 0.1) is 0 Å². The van der Waals surface area contributed by atoms with E-state index in [4.69, 9.17) is 16.3 Å². The third kappa shape index (κ3) is 6.07. The smallest absolute Gasteiger partial charge is 0.337 e. The number of anilines is 2. The predicted octanol–water partition coefficient (Wildman–Crippen LogP) is 2.53. The first-order valence-corrected chi connectivity index (χ1v) is 12.9. The summed E-state index contributed by atoms with van der Waals surface area (Å²) < 4.78 is 6.08. The first-order valence-electron chi connectivity index (χ1n) is 12.5. The molecule has 3 amide bonds. The summed E-state index contributed by atoms with van der Waals surface area (Å²) in [5.74, 6) is -1.82. The Morgan fingerprint density at radius 3 is 2.41 bits per heavy atom. The van der Waals surface area contributed by atoms with Crippen molar-refractivity contribution in [1.29, 1.82) is 0 Å². The predicted molar refractivity (Wildman–Crippen MR) is 149 cm³/mol. The van der Waals surface area contributed by atoms with Crippen LogP contribution in [-0.4, -0.2) is 75.0 Å². The summed E-state index contributed by atoms with van der Waals surface area (Å²) >= 11 is 6.23. The van der Waals surface area contributed by atoms with Gasteiger partial charge in [0, 0.05) is 17.1 Å². The van der Waals surface area contributed by atoms with Crippen LogP contribution in [0.5, 0.6) is 0 Å². The number of tetrazole rings is 1. The Labute approximate surface area is 239 Å². The molecule has 13 heteroatoms. The lowest BCUT2D eigenvalue weighted by atomic mass is 10.0. The second-order valence-corrected chi connectivity index (χ2v) is 9.59. The van der Waals surface area contributed by atoms with E-state index in [2.05, 4.69) is 20.8 Å². The third-order valence-electron chi connectivity index (χ3n) is 6.57. The Morgan fingerprint density at radius 2 is 1.73 bits per heavy atom. The minimum atomic E-state index is -0.991. The van der Waals surface area contributed by atoms with E-state index in [0.29, 0.717) is 27.6 Å². The van der Waals surface area contributed by atoms with Crippen molar-refractivity contribution in [3.8, 4) is 5.69 Å². The largest absolute Gasteiger partial charge is 0.465 e. The number of rotatable bonds is 8. The molecule has 12 nitrogen and oxygen atoms in total. The molecule has 1 aliphatic rings. The number of carbonyl (C=O) groups is 4. The summed E-state index contributed by atoms with van der Waals surface area (Å²) in [5, 5.41) is 14.3. The number of aromatic nitrogens is 4. The fraction of sp³-hybridized carbons (Fsp3) is 0.179. The maximum Gasteiger partial charge on any atom is 0.337 e. The zero-order valence-corrected chi connectivity index (χ0v) is 22.6. The van der Waals surface area contributed by atoms with Crippen molar-refractivity contribution in [2.24, 2.45) is 0 Å². The molecule has 0 aliphatic carbocycles. The van der Waals surface area contributed by atoms with Crippen LogP contribution < -0.4 is 10.2 Å². The van der Waals surface area contributed by atoms with Crippen molar-refractivity contribution in [2.45, 2.75) is 12.5 Å². The van der Waals surface area contributed by atoms with Crippen molar-refractivity contribution in [2.75, 3.05) is 30.4 Å². The van der Waals surface area contributed by atoms with Gasteiger partial charge in [0.15, 0.2) is 0 Å². The normalized spacial score (nSPS) is 14.1. The van der Waals surface area contributed by atoms with Crippen LogP contribution in [0.15, 0.2) is 79.1 Å². The summed E-state index contributed by atoms with van der Waals surface area (Å²) in [7, 11) is 1.28. The van der Waals surface area contributed by atoms with E-state index < -0.39 is 29.7 Å². The van der Waals surface area contributed by atoms with E-state index in [-0.39, 0.29) is 19.5 Å². The number of amides is 3. The van der Waals surface area contributed by atoms with Crippen LogP contribution in [0.2, 0.25) is 5.02 Å². The monoisotopic (exact) mass is 573 g/mol. The van der Waals surface area contributed by atoms with Gasteiger partial charge in [-0.2, -0.15) is 4.68 Å². The van der Waals surface area contributed by atoms with Crippen molar-refractivity contribution in [1.82, 2.24) is 25.1 Å². The van der Waals surface area contributed by atoms with Crippen LogP contribution >= 0.6 is 11.6 Å². The Bertz CT molecular complexity index is 1580. The molecular weight excluding hydrogens is 550 g/mol. The molecule has 1 aromatic heterocycles. The number of nitrogens with zero attached hydrogens (tertiary/aromatic N) is 6. The first kappa shape index (κ1) is 27.5. The Morgan fingerprint density at radius 1 is 0.976 bits per heavy atom. The lowest BCUT2D eigenvalue weighted by molar-refractivity contribution is -0.143. The van der Waals surface area contributed by atoms with Crippen LogP contribution in [0.25, 0.3) is 5.69 Å². The minimum absolute atomic E-state index is 0.180. The van der Waals surface area contributed by atoms with Gasteiger partial charge in [0.1, 0.15) is 25.5 Å². The van der Waals surface area contributed by atoms with Crippen molar-refractivity contribution in [3.63, 3.8) is 0 Å². The molecule has 3 aromatic carbocycles. The zero-order valence-electron chi connectivity index (χ0n) is 21.8. The molecule has 0 bridgehead atoms. The third-order valence-corrected chi connectivity index (χ3v) is 6.80. The molecule has 41 heavy (non-hydrogen) atoms. The number of halogens is 1. The van der Waals surface area contributed by atoms with E-state index >= 15 is 0 Å². The summed E-state index contributed by atoms with van der Waals surface area (Å²) in [6, 6.07) is 19.2. The standard InChI is InChI=1S/C28H24ClN7O5/c1-41-28(40)19-7-10-21(11-8-19)31-27(39)24(13-18-5-3-2-4-6-18)35-16-25(37)34(15-26(35)38)23-14-20(29)9-12-22(23)36-17-30-32-33-36/h2-12,14,17,24H,13,15-16H2,1H3,(H,31,39). The number of hydrogen-bond donors (Lipinski definition) is 1. The molecule has 2 heterocycles. The van der Waals surface area contributed by atoms with E-state index in [9.17, 15) is 19.2 Å². The van der Waals surface area contributed by atoms with Gasteiger partial charge in [-0.05, 0) is 58.5 Å². The average Bonchev–Trinajstić information content (AvgIpc) is 3.52. The Kier molecular flexibility index (Phi) is 8.01. The average molecular weight is 574 g/mol. The first-order chi connectivity index (χ1) is 19.8. The highest BCUT2D eigenvalue weighted by atomic mass is 35.5. The molecule has 1 aliphatic heterocycles. The van der Waals surface area contributed by atoms with Gasteiger partial charge in [-0.25, -0.2) is 4.79 Å². The highest BCUT2D eigenvalue weighted by Crippen LogP contribution is 2.30. The fourth-order valence-electron chi connectivity index (χ4n) is 4.53. The molecule has 0 radical (unpaired) electrons. The molecule has 1 N–H and O–H groups in total. The van der Waals surface area contributed by atoms with E-state index in [1.807, 2.05) is 30.3 Å². The van der Waals surface area contributed by atoms with Crippen LogP contribution in [0.4, 0.5) is 11.4 Å². The molecule has 4 aromatic rings. The molecule has 5 rings (SSSR count). The molecule has 1 fully saturated rings. The van der Waals surface area contributed by atoms with Crippen LogP contribution in [0.1, 0.15) is 15.9 Å². The van der Waals surface area contributed by atoms with Crippen LogP contribution in [0.3, 0.4) is 0 Å². The zero-order chi connectivity index (χ0) is 28.9. The molecular formula is C28H24ClN7O5. The van der Waals surface area contributed by atoms with Gasteiger partial charge in [-0.1, -0.05) is 41.9 Å². The van der Waals surface area contributed by atoms with Gasteiger partial charge >= 0.3 is 5.97 Å². The number of esters is 1. The van der Waals surface area contributed by atoms with Gasteiger partial charge in [0.2, 0.25) is 17.7 Å². The topological polar surface area (TPSA) is 140 Å². The number of benzene rings is 3. The van der Waals surface area contributed by atoms with Crippen LogP contribution in [-0.2, 0) is 25.5 Å². The summed E-state index contributed by atoms with van der Waals surface area (Å²) in [4.78, 5) is 55.0. The van der Waals surface area contributed by atoms with Gasteiger partial charge in [0.05, 0.1) is 24.0 Å². The fourth-order valence-corrected chi connectivity index (χ4v) is 4.70. The lowest BCUT2D eigenvalue weighted by Gasteiger charge is -2.38. The van der Waals surface area contributed by atoms with Gasteiger partial charge < -0.3 is 15.0 Å². The summed E-state index contributed by atoms with van der Waals surface area (Å²) in [6.07, 6.45) is 1.55. The maximum atomic E-state index is 13.6. The molecule has 1 unspecified atom stereocenters. The highest BCUT2D eigenvalue weighted by Gasteiger charge is 2.39. The van der Waals surface area contributed by atoms with E-state index in [0.717, 1.165) is 5.56 Å². The second-order valence-electron chi connectivity index (χ2n) is 9.15. The number of nitrogens with one attached hydrogen (secondary N) is 1. The number of hydrogen-bond acceptors (Lipinski definition) is 8. The van der Waals surface area contributed by atoms with E-state index in [1.165, 1.54) is 40.1 Å². The molecule has 1 saturated heterocycles. The number of carbonyl (C=O) groups excluding carboxylic acids is 4. The van der Waals surface area contributed by atoms with Crippen molar-refractivity contribution < 1.29 is 23.9 Å². The molecule has 1 atom stereocenters. The van der Waals surface area contributed by atoms with Crippen molar-refractivity contribution >= 4 is 46.7 Å². The highest BCUT2D eigenvalue weighted by molar-refractivity contribution is 6.31. The Hall–Kier alpha value is -5.10. The second kappa shape index (κ2) is 12.0. The van der Waals surface area contributed by atoms with E-state index in [1.54, 1.807) is 30.3 Å².